The first-order valence-electron chi connectivity index (χ1n) is 17.8. The molecule has 0 amide bonds. The maximum atomic E-state index is 6.76. The van der Waals surface area contributed by atoms with Gasteiger partial charge in [0.15, 0.2) is 11.3 Å². The highest BCUT2D eigenvalue weighted by Crippen LogP contribution is 2.30. The molecule has 6 aromatic heterocycles. The minimum atomic E-state index is -0.621. The molecule has 1 unspecified atom stereocenters. The maximum absolute atomic E-state index is 6.76. The first-order chi connectivity index (χ1) is 24.6. The summed E-state index contributed by atoms with van der Waals surface area (Å²) >= 11 is 0. The molecule has 14 heteroatoms. The van der Waals surface area contributed by atoms with Crippen LogP contribution in [0.5, 0.6) is 0 Å². The van der Waals surface area contributed by atoms with Gasteiger partial charge in [0, 0.05) is 73.9 Å². The Balaban J connectivity index is 1.06. The Morgan fingerprint density at radius 2 is 1.14 bits per heavy atom. The lowest BCUT2D eigenvalue weighted by Crippen LogP contribution is -2.54. The Bertz CT molecular complexity index is 2190. The molecule has 8 heterocycles. The predicted molar refractivity (Wildman–Crippen MR) is 201 cm³/mol. The zero-order chi connectivity index (χ0) is 35.4. The molecule has 2 aliphatic heterocycles. The van der Waals surface area contributed by atoms with Gasteiger partial charge in [0.1, 0.15) is 23.6 Å². The number of rotatable bonds is 7. The van der Waals surface area contributed by atoms with Gasteiger partial charge in [0.2, 0.25) is 0 Å². The summed E-state index contributed by atoms with van der Waals surface area (Å²) in [6.45, 7) is 16.4. The molecule has 0 aliphatic carbocycles. The molecule has 51 heavy (non-hydrogen) atoms. The largest absolute Gasteiger partial charge is 0.352 e. The second kappa shape index (κ2) is 13.2. The summed E-state index contributed by atoms with van der Waals surface area (Å²) in [5.41, 5.74) is 14.5. The van der Waals surface area contributed by atoms with Crippen LogP contribution in [-0.2, 0) is 0 Å². The normalized spacial score (nSPS) is 21.8. The molecule has 8 rings (SSSR count). The van der Waals surface area contributed by atoms with Gasteiger partial charge >= 0.3 is 0 Å². The van der Waals surface area contributed by atoms with Gasteiger partial charge in [-0.3, -0.25) is 4.98 Å². The van der Waals surface area contributed by atoms with Crippen molar-refractivity contribution in [2.24, 2.45) is 5.73 Å². The van der Waals surface area contributed by atoms with E-state index in [-0.39, 0.29) is 0 Å². The van der Waals surface area contributed by atoms with E-state index in [4.69, 9.17) is 25.9 Å². The van der Waals surface area contributed by atoms with Crippen LogP contribution in [0.3, 0.4) is 0 Å². The van der Waals surface area contributed by atoms with Gasteiger partial charge in [-0.05, 0) is 90.1 Å². The number of piperazine rings is 2. The van der Waals surface area contributed by atoms with Crippen LogP contribution in [0.1, 0.15) is 50.9 Å². The van der Waals surface area contributed by atoms with Crippen LogP contribution in [0.4, 0.5) is 17.5 Å². The van der Waals surface area contributed by atoms with Crippen molar-refractivity contribution in [1.82, 2.24) is 49.8 Å². The average molecular weight is 687 g/mol. The topological polar surface area (TPSA) is 155 Å². The summed E-state index contributed by atoms with van der Waals surface area (Å²) in [6, 6.07) is 17.7. The summed E-state index contributed by atoms with van der Waals surface area (Å²) in [5, 5.41) is 20.7. The van der Waals surface area contributed by atoms with Crippen molar-refractivity contribution in [1.29, 1.82) is 0 Å². The lowest BCUT2D eigenvalue weighted by Gasteiger charge is -2.36. The first kappa shape index (κ1) is 33.0. The van der Waals surface area contributed by atoms with Crippen LogP contribution in [0.25, 0.3) is 33.8 Å². The SMILES string of the molecule is Cc1nc2ccc(N3C[C@@H](C)N[C@@H](C)C3)nn2c1-c1ccnc(NC(N)c2cc(-c3c(C)nc4ccc(N5C[C@@H](C)N[C@@H](C)C5)nn34)ccn2)c1. The van der Waals surface area contributed by atoms with Crippen molar-refractivity contribution in [3.05, 3.63) is 78.0 Å². The fourth-order valence-corrected chi connectivity index (χ4v) is 7.75. The highest BCUT2D eigenvalue weighted by Gasteiger charge is 2.25. The Morgan fingerprint density at radius 3 is 1.65 bits per heavy atom. The number of pyridine rings is 2. The predicted octanol–water partition coefficient (Wildman–Crippen LogP) is 3.96. The summed E-state index contributed by atoms with van der Waals surface area (Å²) in [5.74, 6) is 2.49. The first-order valence-corrected chi connectivity index (χ1v) is 17.8. The molecule has 264 valence electrons. The number of nitrogens with zero attached hydrogens (tertiary/aromatic N) is 10. The molecule has 14 nitrogen and oxygen atoms in total. The van der Waals surface area contributed by atoms with Crippen molar-refractivity contribution in [3.63, 3.8) is 0 Å². The van der Waals surface area contributed by atoms with Gasteiger partial charge in [-0.1, -0.05) is 0 Å². The Labute approximate surface area is 297 Å². The fourth-order valence-electron chi connectivity index (χ4n) is 7.75. The van der Waals surface area contributed by atoms with Crippen molar-refractivity contribution >= 4 is 28.7 Å². The van der Waals surface area contributed by atoms with Crippen molar-refractivity contribution in [2.75, 3.05) is 41.3 Å². The molecule has 0 aromatic carbocycles. The second-order valence-electron chi connectivity index (χ2n) is 14.3. The molecule has 5 N–H and O–H groups in total. The average Bonchev–Trinajstić information content (AvgIpc) is 3.61. The zero-order valence-electron chi connectivity index (χ0n) is 30.0. The molecule has 0 spiro atoms. The smallest absolute Gasteiger partial charge is 0.154 e. The van der Waals surface area contributed by atoms with Gasteiger partial charge in [-0.2, -0.15) is 0 Å². The molecular formula is C37H46N14. The minimum absolute atomic E-state index is 0.380. The zero-order valence-corrected chi connectivity index (χ0v) is 30.0. The third kappa shape index (κ3) is 6.46. The summed E-state index contributed by atoms with van der Waals surface area (Å²) in [4.78, 5) is 23.6. The molecular weight excluding hydrogens is 641 g/mol. The molecule has 0 radical (unpaired) electrons. The van der Waals surface area contributed by atoms with Crippen LogP contribution >= 0.6 is 0 Å². The van der Waals surface area contributed by atoms with E-state index in [1.165, 1.54) is 0 Å². The summed E-state index contributed by atoms with van der Waals surface area (Å²) in [6.07, 6.45) is 2.94. The number of imidazole rings is 2. The van der Waals surface area contributed by atoms with E-state index in [9.17, 15) is 0 Å². The van der Waals surface area contributed by atoms with E-state index in [0.717, 1.165) is 83.0 Å². The summed E-state index contributed by atoms with van der Waals surface area (Å²) in [7, 11) is 0. The molecule has 2 fully saturated rings. The van der Waals surface area contributed by atoms with Crippen LogP contribution < -0.4 is 31.5 Å². The van der Waals surface area contributed by atoms with E-state index in [1.54, 1.807) is 12.4 Å². The number of anilines is 3. The minimum Gasteiger partial charge on any atom is -0.352 e. The van der Waals surface area contributed by atoms with Crippen LogP contribution in [0, 0.1) is 13.8 Å². The van der Waals surface area contributed by atoms with E-state index >= 15 is 0 Å². The maximum Gasteiger partial charge on any atom is 0.154 e. The summed E-state index contributed by atoms with van der Waals surface area (Å²) < 4.78 is 3.87. The molecule has 5 atom stereocenters. The Morgan fingerprint density at radius 1 is 0.667 bits per heavy atom. The third-order valence-corrected chi connectivity index (χ3v) is 9.75. The van der Waals surface area contributed by atoms with E-state index in [2.05, 4.69) is 75.5 Å². The van der Waals surface area contributed by atoms with Gasteiger partial charge in [0.25, 0.3) is 0 Å². The molecule has 0 saturated carbocycles. The fraction of sp³-hybridized carbons (Fsp3) is 0.405. The lowest BCUT2D eigenvalue weighted by atomic mass is 10.1. The highest BCUT2D eigenvalue weighted by molar-refractivity contribution is 5.70. The van der Waals surface area contributed by atoms with Gasteiger partial charge < -0.3 is 31.5 Å². The second-order valence-corrected chi connectivity index (χ2v) is 14.3. The van der Waals surface area contributed by atoms with Gasteiger partial charge in [0.05, 0.1) is 28.5 Å². The number of nitrogens with two attached hydrogens (primary N) is 1. The molecule has 2 saturated heterocycles. The number of hydrogen-bond acceptors (Lipinski definition) is 12. The van der Waals surface area contributed by atoms with Crippen molar-refractivity contribution in [3.8, 4) is 22.5 Å². The number of aromatic nitrogens is 8. The van der Waals surface area contributed by atoms with E-state index in [1.807, 2.05) is 59.3 Å². The number of nitrogens with one attached hydrogen (secondary N) is 3. The van der Waals surface area contributed by atoms with Gasteiger partial charge in [-0.25, -0.2) is 24.0 Å². The van der Waals surface area contributed by atoms with Crippen LogP contribution in [0.15, 0.2) is 60.9 Å². The van der Waals surface area contributed by atoms with Gasteiger partial charge in [-0.15, -0.1) is 10.2 Å². The monoisotopic (exact) mass is 686 g/mol. The van der Waals surface area contributed by atoms with Crippen molar-refractivity contribution < 1.29 is 0 Å². The number of fused-ring (bicyclic) bond motifs is 2. The standard InChI is InChI=1S/C37H46N14/c1-21-17-48(18-22(2)41-21)33-9-7-31-43-25(5)35(50(31)46-33)27-11-13-39-29(15-27)37(38)45-30-16-28(12-14-40-30)36-26(6)44-32-8-10-34(47-51(32)36)49-19-23(3)42-24(4)20-49/h7-16,21-24,37,41-42H,17-20,38H2,1-6H3,(H,40,45)/t21-,22+,23-,24+,37?. The lowest BCUT2D eigenvalue weighted by molar-refractivity contribution is 0.404. The van der Waals surface area contributed by atoms with E-state index < -0.39 is 6.17 Å². The third-order valence-electron chi connectivity index (χ3n) is 9.75. The number of hydrogen-bond donors (Lipinski definition) is 4. The molecule has 0 bridgehead atoms. The van der Waals surface area contributed by atoms with Crippen LogP contribution in [0.2, 0.25) is 0 Å². The molecule has 2 aliphatic rings. The molecule has 6 aromatic rings. The van der Waals surface area contributed by atoms with Crippen LogP contribution in [-0.4, -0.2) is 89.5 Å². The number of aryl methyl sites for hydroxylation is 2. The highest BCUT2D eigenvalue weighted by atomic mass is 15.4. The Hall–Kier alpha value is -5.18. The van der Waals surface area contributed by atoms with E-state index in [0.29, 0.717) is 35.7 Å². The quantitative estimate of drug-likeness (QED) is 0.180. The Kier molecular flexibility index (Phi) is 8.52. The van der Waals surface area contributed by atoms with Crippen molar-refractivity contribution in [2.45, 2.75) is 71.9 Å².